The predicted octanol–water partition coefficient (Wildman–Crippen LogP) is 5.05. The molecule has 3 aromatic rings. The zero-order chi connectivity index (χ0) is 16.9. The van der Waals surface area contributed by atoms with Crippen LogP contribution in [-0.4, -0.2) is 11.1 Å². The van der Waals surface area contributed by atoms with E-state index in [0.717, 1.165) is 11.5 Å². The molecule has 0 aliphatic rings. The monoisotopic (exact) mass is 318 g/mol. The minimum atomic E-state index is -0.661. The number of hydrogen-bond acceptors (Lipinski definition) is 5. The van der Waals surface area contributed by atoms with E-state index >= 15 is 0 Å². The first-order chi connectivity index (χ1) is 11.7. The zero-order valence-electron chi connectivity index (χ0n) is 12.7. The Morgan fingerprint density at radius 2 is 1.75 bits per heavy atom. The number of azo groups is 1. The van der Waals surface area contributed by atoms with Crippen molar-refractivity contribution in [3.8, 4) is 11.5 Å². The van der Waals surface area contributed by atoms with Gasteiger partial charge in [-0.1, -0.05) is 49.0 Å². The van der Waals surface area contributed by atoms with Gasteiger partial charge in [0.2, 0.25) is 0 Å². The summed E-state index contributed by atoms with van der Waals surface area (Å²) in [7, 11) is 0. The van der Waals surface area contributed by atoms with Crippen LogP contribution in [0.3, 0.4) is 0 Å². The van der Waals surface area contributed by atoms with Gasteiger partial charge in [0.05, 0.1) is 5.69 Å². The van der Waals surface area contributed by atoms with Crippen molar-refractivity contribution in [3.05, 3.63) is 73.3 Å². The summed E-state index contributed by atoms with van der Waals surface area (Å²) in [5.41, 5.74) is 0.887. The lowest BCUT2D eigenvalue weighted by molar-refractivity contribution is -0.129. The number of aromatic hydroxyl groups is 1. The van der Waals surface area contributed by atoms with E-state index in [2.05, 4.69) is 16.8 Å². The Morgan fingerprint density at radius 1 is 1.04 bits per heavy atom. The van der Waals surface area contributed by atoms with Gasteiger partial charge in [0.15, 0.2) is 11.5 Å². The highest BCUT2D eigenvalue weighted by atomic mass is 16.5. The van der Waals surface area contributed by atoms with Gasteiger partial charge in [-0.3, -0.25) is 0 Å². The third-order valence-electron chi connectivity index (χ3n) is 3.36. The molecule has 0 bridgehead atoms. The van der Waals surface area contributed by atoms with Gasteiger partial charge in [0, 0.05) is 11.5 Å². The molecule has 5 nitrogen and oxygen atoms in total. The van der Waals surface area contributed by atoms with Crippen molar-refractivity contribution < 1.29 is 14.6 Å². The van der Waals surface area contributed by atoms with Crippen LogP contribution < -0.4 is 4.74 Å². The molecule has 1 N–H and O–H groups in total. The number of phenols is 1. The third-order valence-corrected chi connectivity index (χ3v) is 3.36. The smallest absolute Gasteiger partial charge is 0.335 e. The molecule has 0 atom stereocenters. The first-order valence-corrected chi connectivity index (χ1v) is 7.25. The molecular weight excluding hydrogens is 304 g/mol. The Kier molecular flexibility index (Phi) is 4.34. The lowest BCUT2D eigenvalue weighted by Crippen LogP contribution is -2.03. The van der Waals surface area contributed by atoms with E-state index in [1.807, 2.05) is 42.5 Å². The average molecular weight is 318 g/mol. The van der Waals surface area contributed by atoms with Crippen molar-refractivity contribution in [2.75, 3.05) is 0 Å². The lowest BCUT2D eigenvalue weighted by Gasteiger charge is -2.09. The van der Waals surface area contributed by atoms with Gasteiger partial charge in [0.25, 0.3) is 0 Å². The SMILES string of the molecule is C=CC(=O)Oc1cc2ccccc2c(N=Nc2ccccc2)c1O. The second-order valence-electron chi connectivity index (χ2n) is 4.95. The predicted molar refractivity (Wildman–Crippen MR) is 92.1 cm³/mol. The summed E-state index contributed by atoms with van der Waals surface area (Å²) in [5.74, 6) is -0.893. The molecule has 5 heteroatoms. The van der Waals surface area contributed by atoms with Crippen molar-refractivity contribution in [3.63, 3.8) is 0 Å². The molecule has 3 rings (SSSR count). The van der Waals surface area contributed by atoms with E-state index in [-0.39, 0.29) is 17.2 Å². The fraction of sp³-hybridized carbons (Fsp3) is 0. The maximum absolute atomic E-state index is 11.5. The second-order valence-corrected chi connectivity index (χ2v) is 4.95. The number of ether oxygens (including phenoxy) is 1. The molecule has 0 fully saturated rings. The number of fused-ring (bicyclic) bond motifs is 1. The molecule has 0 amide bonds. The molecule has 118 valence electrons. The Balaban J connectivity index is 2.13. The Morgan fingerprint density at radius 3 is 2.50 bits per heavy atom. The van der Waals surface area contributed by atoms with E-state index in [9.17, 15) is 9.90 Å². The molecule has 24 heavy (non-hydrogen) atoms. The summed E-state index contributed by atoms with van der Waals surface area (Å²) in [6, 6.07) is 18.1. The van der Waals surface area contributed by atoms with Crippen molar-refractivity contribution in [1.82, 2.24) is 0 Å². The zero-order valence-corrected chi connectivity index (χ0v) is 12.7. The molecule has 0 aliphatic carbocycles. The molecular formula is C19H14N2O3. The molecule has 0 saturated heterocycles. The molecule has 0 aliphatic heterocycles. The fourth-order valence-electron chi connectivity index (χ4n) is 2.22. The van der Waals surface area contributed by atoms with Gasteiger partial charge in [-0.25, -0.2) is 4.79 Å². The lowest BCUT2D eigenvalue weighted by atomic mass is 10.1. The minimum absolute atomic E-state index is 0.0145. The van der Waals surface area contributed by atoms with Crippen LogP contribution in [0.2, 0.25) is 0 Å². The van der Waals surface area contributed by atoms with Gasteiger partial charge < -0.3 is 9.84 Å². The van der Waals surface area contributed by atoms with Crippen LogP contribution >= 0.6 is 0 Å². The van der Waals surface area contributed by atoms with E-state index in [0.29, 0.717) is 11.1 Å². The second kappa shape index (κ2) is 6.75. The number of carbonyl (C=O) groups excluding carboxylic acids is 1. The van der Waals surface area contributed by atoms with Crippen LogP contribution in [0.25, 0.3) is 10.8 Å². The van der Waals surface area contributed by atoms with Crippen LogP contribution in [0.15, 0.2) is 83.5 Å². The van der Waals surface area contributed by atoms with Crippen LogP contribution in [0, 0.1) is 0 Å². The number of hydrogen-bond donors (Lipinski definition) is 1. The number of nitrogens with zero attached hydrogens (tertiary/aromatic N) is 2. The largest absolute Gasteiger partial charge is 0.503 e. The Labute approximate surface area is 138 Å². The van der Waals surface area contributed by atoms with Gasteiger partial charge in [-0.2, -0.15) is 5.11 Å². The number of phenolic OH excluding ortho intramolecular Hbond substituents is 1. The number of rotatable bonds is 4. The topological polar surface area (TPSA) is 71.2 Å². The number of carbonyl (C=O) groups is 1. The highest BCUT2D eigenvalue weighted by Gasteiger charge is 2.15. The number of benzene rings is 3. The maximum Gasteiger partial charge on any atom is 0.335 e. The Hall–Kier alpha value is -3.47. The molecule has 0 saturated carbocycles. The summed E-state index contributed by atoms with van der Waals surface area (Å²) in [6.07, 6.45) is 1.03. The summed E-state index contributed by atoms with van der Waals surface area (Å²) in [6.45, 7) is 3.35. The molecule has 0 heterocycles. The third kappa shape index (κ3) is 3.15. The molecule has 3 aromatic carbocycles. The number of esters is 1. The van der Waals surface area contributed by atoms with E-state index in [1.165, 1.54) is 0 Å². The maximum atomic E-state index is 11.5. The van der Waals surface area contributed by atoms with Gasteiger partial charge in [0.1, 0.15) is 5.69 Å². The highest BCUT2D eigenvalue weighted by Crippen LogP contribution is 2.43. The van der Waals surface area contributed by atoms with Crippen molar-refractivity contribution in [2.24, 2.45) is 10.2 Å². The molecule has 0 radical (unpaired) electrons. The normalized spacial score (nSPS) is 10.8. The highest BCUT2D eigenvalue weighted by molar-refractivity contribution is 5.98. The van der Waals surface area contributed by atoms with E-state index in [4.69, 9.17) is 4.74 Å². The van der Waals surface area contributed by atoms with Crippen molar-refractivity contribution in [2.45, 2.75) is 0 Å². The Bertz CT molecular complexity index is 934. The van der Waals surface area contributed by atoms with Crippen LogP contribution in [0.1, 0.15) is 0 Å². The molecule has 0 unspecified atom stereocenters. The summed E-state index contributed by atoms with van der Waals surface area (Å²) >= 11 is 0. The summed E-state index contributed by atoms with van der Waals surface area (Å²) in [5, 5.41) is 20.2. The summed E-state index contributed by atoms with van der Waals surface area (Å²) in [4.78, 5) is 11.5. The molecule has 0 spiro atoms. The van der Waals surface area contributed by atoms with E-state index < -0.39 is 5.97 Å². The standard InChI is InChI=1S/C19H14N2O3/c1-2-17(22)24-16-12-13-8-6-7-11-15(13)18(19(16)23)21-20-14-9-4-3-5-10-14/h2-12,23H,1H2. The molecule has 0 aromatic heterocycles. The van der Waals surface area contributed by atoms with Gasteiger partial charge in [-0.15, -0.1) is 5.11 Å². The van der Waals surface area contributed by atoms with Crippen LogP contribution in [0.4, 0.5) is 11.4 Å². The van der Waals surface area contributed by atoms with Crippen LogP contribution in [-0.2, 0) is 4.79 Å². The van der Waals surface area contributed by atoms with Crippen LogP contribution in [0.5, 0.6) is 11.5 Å². The minimum Gasteiger partial charge on any atom is -0.503 e. The summed E-state index contributed by atoms with van der Waals surface area (Å²) < 4.78 is 5.09. The fourth-order valence-corrected chi connectivity index (χ4v) is 2.22. The first kappa shape index (κ1) is 15.4. The van der Waals surface area contributed by atoms with Gasteiger partial charge in [-0.05, 0) is 23.6 Å². The van der Waals surface area contributed by atoms with Gasteiger partial charge >= 0.3 is 5.97 Å². The van der Waals surface area contributed by atoms with Crippen molar-refractivity contribution in [1.29, 1.82) is 0 Å². The quantitative estimate of drug-likeness (QED) is 0.316. The van der Waals surface area contributed by atoms with E-state index in [1.54, 1.807) is 18.2 Å². The average Bonchev–Trinajstić information content (AvgIpc) is 2.62. The van der Waals surface area contributed by atoms with Crippen molar-refractivity contribution >= 4 is 28.1 Å². The first-order valence-electron chi connectivity index (χ1n) is 7.25.